The van der Waals surface area contributed by atoms with E-state index in [0.717, 1.165) is 0 Å². The summed E-state index contributed by atoms with van der Waals surface area (Å²) in [6.45, 7) is 0.743. The van der Waals surface area contributed by atoms with Gasteiger partial charge in [-0.05, 0) is 36.4 Å². The van der Waals surface area contributed by atoms with Crippen molar-refractivity contribution in [3.8, 4) is 11.5 Å². The van der Waals surface area contributed by atoms with Crippen LogP contribution in [0.25, 0.3) is 0 Å². The molecule has 27 heavy (non-hydrogen) atoms. The fraction of sp³-hybridized carbons (Fsp3) is 0.263. The minimum atomic E-state index is -1.08. The minimum absolute atomic E-state index is 0.309. The van der Waals surface area contributed by atoms with Crippen molar-refractivity contribution in [2.75, 3.05) is 13.2 Å². The topological polar surface area (TPSA) is 90.7 Å². The van der Waals surface area contributed by atoms with Gasteiger partial charge in [-0.3, -0.25) is 9.59 Å². The zero-order valence-corrected chi connectivity index (χ0v) is 15.8. The summed E-state index contributed by atoms with van der Waals surface area (Å²) in [5.41, 5.74) is 4.81. The van der Waals surface area contributed by atoms with E-state index in [2.05, 4.69) is 5.32 Å². The lowest BCUT2D eigenvalue weighted by molar-refractivity contribution is -0.127. The Morgan fingerprint density at radius 2 is 1.74 bits per heavy atom. The fourth-order valence-corrected chi connectivity index (χ4v) is 3.14. The van der Waals surface area contributed by atoms with Gasteiger partial charge in [-0.25, -0.2) is 0 Å². The Bertz CT molecular complexity index is 849. The van der Waals surface area contributed by atoms with Gasteiger partial charge in [-0.2, -0.15) is 0 Å². The summed E-state index contributed by atoms with van der Waals surface area (Å²) in [5, 5.41) is 3.46. The van der Waals surface area contributed by atoms with Crippen LogP contribution in [0.3, 0.4) is 0 Å². The zero-order chi connectivity index (χ0) is 19.4. The summed E-state index contributed by atoms with van der Waals surface area (Å²) >= 11 is 12.1. The minimum Gasteiger partial charge on any atom is -0.456 e. The van der Waals surface area contributed by atoms with Crippen LogP contribution in [-0.4, -0.2) is 30.6 Å². The molecule has 0 bridgehead atoms. The van der Waals surface area contributed by atoms with E-state index in [1.54, 1.807) is 42.5 Å². The van der Waals surface area contributed by atoms with Crippen molar-refractivity contribution in [1.29, 1.82) is 0 Å². The second-order valence-electron chi connectivity index (χ2n) is 6.19. The second kappa shape index (κ2) is 8.17. The van der Waals surface area contributed by atoms with Gasteiger partial charge in [-0.15, -0.1) is 0 Å². The van der Waals surface area contributed by atoms with Crippen LogP contribution < -0.4 is 15.8 Å². The lowest BCUT2D eigenvalue weighted by Gasteiger charge is -2.34. The Morgan fingerprint density at radius 1 is 1.07 bits per heavy atom. The van der Waals surface area contributed by atoms with Crippen molar-refractivity contribution >= 4 is 35.0 Å². The summed E-state index contributed by atoms with van der Waals surface area (Å²) in [4.78, 5) is 24.4. The van der Waals surface area contributed by atoms with Gasteiger partial charge in [0, 0.05) is 31.6 Å². The highest BCUT2D eigenvalue weighted by atomic mass is 35.5. The maximum absolute atomic E-state index is 12.6. The summed E-state index contributed by atoms with van der Waals surface area (Å²) < 4.78 is 11.0. The lowest BCUT2D eigenvalue weighted by Crippen LogP contribution is -2.60. The molecule has 2 amide bonds. The van der Waals surface area contributed by atoms with E-state index >= 15 is 0 Å². The average molecular weight is 409 g/mol. The third-order valence-electron chi connectivity index (χ3n) is 4.43. The first kappa shape index (κ1) is 19.5. The van der Waals surface area contributed by atoms with Crippen LogP contribution in [0.15, 0.2) is 42.5 Å². The van der Waals surface area contributed by atoms with Gasteiger partial charge in [0.05, 0.1) is 5.02 Å². The first-order chi connectivity index (χ1) is 12.9. The highest BCUT2D eigenvalue weighted by molar-refractivity contribution is 6.42. The lowest BCUT2D eigenvalue weighted by atomic mass is 9.89. The van der Waals surface area contributed by atoms with E-state index in [4.69, 9.17) is 38.4 Å². The molecule has 1 aliphatic heterocycles. The summed E-state index contributed by atoms with van der Waals surface area (Å²) in [6.07, 6.45) is 0.699. The molecule has 0 spiro atoms. The van der Waals surface area contributed by atoms with Gasteiger partial charge in [0.25, 0.3) is 5.91 Å². The molecule has 2 aromatic carbocycles. The molecule has 142 valence electrons. The number of hydrogen-bond donors (Lipinski definition) is 2. The molecule has 0 saturated carbocycles. The van der Waals surface area contributed by atoms with Gasteiger partial charge in [0.2, 0.25) is 5.91 Å². The number of primary amides is 1. The second-order valence-corrected chi connectivity index (χ2v) is 6.98. The molecule has 1 saturated heterocycles. The molecule has 3 N–H and O–H groups in total. The number of ether oxygens (including phenoxy) is 2. The van der Waals surface area contributed by atoms with Gasteiger partial charge in [-0.1, -0.05) is 29.3 Å². The average Bonchev–Trinajstić information content (AvgIpc) is 2.66. The highest BCUT2D eigenvalue weighted by Gasteiger charge is 2.40. The largest absolute Gasteiger partial charge is 0.456 e. The predicted molar refractivity (Wildman–Crippen MR) is 102 cm³/mol. The Labute approximate surface area is 166 Å². The van der Waals surface area contributed by atoms with Crippen molar-refractivity contribution in [3.63, 3.8) is 0 Å². The molecule has 0 aliphatic carbocycles. The molecule has 8 heteroatoms. The maximum Gasteiger partial charge on any atom is 0.252 e. The molecular weight excluding hydrogens is 391 g/mol. The SMILES string of the molecule is NC(=O)C1(NC(=O)c2ccc(Oc3cccc(Cl)c3Cl)cc2)CCOCC1. The highest BCUT2D eigenvalue weighted by Crippen LogP contribution is 2.34. The normalized spacial score (nSPS) is 15.8. The zero-order valence-electron chi connectivity index (χ0n) is 14.3. The van der Waals surface area contributed by atoms with E-state index in [1.165, 1.54) is 0 Å². The molecular formula is C19H18Cl2N2O4. The number of carbonyl (C=O) groups is 2. The molecule has 0 aromatic heterocycles. The van der Waals surface area contributed by atoms with Crippen molar-refractivity contribution < 1.29 is 19.1 Å². The van der Waals surface area contributed by atoms with E-state index in [-0.39, 0.29) is 5.91 Å². The van der Waals surface area contributed by atoms with Gasteiger partial charge in [0.15, 0.2) is 0 Å². The van der Waals surface area contributed by atoms with Crippen molar-refractivity contribution in [3.05, 3.63) is 58.1 Å². The Hall–Kier alpha value is -2.28. The number of amides is 2. The number of carbonyl (C=O) groups excluding carboxylic acids is 2. The number of halogens is 2. The molecule has 3 rings (SSSR count). The summed E-state index contributed by atoms with van der Waals surface area (Å²) in [5.74, 6) is -0.0413. The van der Waals surface area contributed by atoms with E-state index < -0.39 is 11.4 Å². The molecule has 0 radical (unpaired) electrons. The monoisotopic (exact) mass is 408 g/mol. The number of benzene rings is 2. The molecule has 0 unspecified atom stereocenters. The van der Waals surface area contributed by atoms with Crippen LogP contribution in [0, 0.1) is 0 Å². The van der Waals surface area contributed by atoms with Crippen LogP contribution in [0.4, 0.5) is 0 Å². The first-order valence-corrected chi connectivity index (χ1v) is 9.09. The summed E-state index contributed by atoms with van der Waals surface area (Å²) in [6, 6.07) is 11.5. The number of nitrogens with one attached hydrogen (secondary N) is 1. The smallest absolute Gasteiger partial charge is 0.252 e. The Morgan fingerprint density at radius 3 is 2.37 bits per heavy atom. The van der Waals surface area contributed by atoms with Gasteiger partial charge in [0.1, 0.15) is 22.1 Å². The van der Waals surface area contributed by atoms with E-state index in [0.29, 0.717) is 53.2 Å². The van der Waals surface area contributed by atoms with Crippen molar-refractivity contribution in [1.82, 2.24) is 5.32 Å². The standard InChI is InChI=1S/C19H18Cl2N2O4/c20-14-2-1-3-15(16(14)21)27-13-6-4-12(5-7-13)17(24)23-19(18(22)25)8-10-26-11-9-19/h1-7H,8-11H2,(H2,22,25)(H,23,24). The molecule has 0 atom stereocenters. The van der Waals surface area contributed by atoms with Gasteiger partial charge < -0.3 is 20.5 Å². The van der Waals surface area contributed by atoms with Crippen LogP contribution in [0.2, 0.25) is 10.0 Å². The third kappa shape index (κ3) is 4.35. The van der Waals surface area contributed by atoms with E-state index in [9.17, 15) is 9.59 Å². The first-order valence-electron chi connectivity index (χ1n) is 8.33. The quantitative estimate of drug-likeness (QED) is 0.790. The number of nitrogens with two attached hydrogens (primary N) is 1. The molecule has 2 aromatic rings. The van der Waals surface area contributed by atoms with Crippen molar-refractivity contribution in [2.24, 2.45) is 5.73 Å². The van der Waals surface area contributed by atoms with Crippen LogP contribution in [-0.2, 0) is 9.53 Å². The Kier molecular flexibility index (Phi) is 5.89. The maximum atomic E-state index is 12.6. The number of hydrogen-bond acceptors (Lipinski definition) is 4. The molecule has 1 aliphatic rings. The van der Waals surface area contributed by atoms with Crippen molar-refractivity contribution in [2.45, 2.75) is 18.4 Å². The predicted octanol–water partition coefficient (Wildman–Crippen LogP) is 3.55. The molecule has 1 fully saturated rings. The van der Waals surface area contributed by atoms with E-state index in [1.807, 2.05) is 0 Å². The summed E-state index contributed by atoms with van der Waals surface area (Å²) in [7, 11) is 0. The van der Waals surface area contributed by atoms with Crippen LogP contribution in [0.5, 0.6) is 11.5 Å². The Balaban J connectivity index is 1.72. The fourth-order valence-electron chi connectivity index (χ4n) is 2.81. The van der Waals surface area contributed by atoms with Crippen LogP contribution in [0.1, 0.15) is 23.2 Å². The molecule has 6 nitrogen and oxygen atoms in total. The van der Waals surface area contributed by atoms with Gasteiger partial charge >= 0.3 is 0 Å². The number of rotatable bonds is 5. The van der Waals surface area contributed by atoms with Crippen LogP contribution >= 0.6 is 23.2 Å². The third-order valence-corrected chi connectivity index (χ3v) is 5.23. The molecule has 1 heterocycles.